The number of hydrogen-bond donors (Lipinski definition) is 1. The number of rotatable bonds is 4. The van der Waals surface area contributed by atoms with Gasteiger partial charge in [-0.1, -0.05) is 11.8 Å². The standard InChI is InChI=1S/C13H17NO4S2/c1-8-10(11(15)16)20-12(14-8)19-7-9-6-17-13(18-9)4-2-3-5-13/h9H,2-7H2,1H3,(H,15,16). The van der Waals surface area contributed by atoms with Crippen molar-refractivity contribution in [3.8, 4) is 0 Å². The topological polar surface area (TPSA) is 68.7 Å². The second kappa shape index (κ2) is 5.63. The second-order valence-corrected chi connectivity index (χ2v) is 7.45. The minimum Gasteiger partial charge on any atom is -0.477 e. The lowest BCUT2D eigenvalue weighted by atomic mass is 10.2. The van der Waals surface area contributed by atoms with Crippen molar-refractivity contribution in [1.29, 1.82) is 0 Å². The van der Waals surface area contributed by atoms with Crippen LogP contribution in [0.5, 0.6) is 0 Å². The van der Waals surface area contributed by atoms with Crippen molar-refractivity contribution in [2.75, 3.05) is 12.4 Å². The maximum Gasteiger partial charge on any atom is 0.347 e. The van der Waals surface area contributed by atoms with Gasteiger partial charge >= 0.3 is 5.97 Å². The van der Waals surface area contributed by atoms with Gasteiger partial charge in [-0.25, -0.2) is 9.78 Å². The number of thiazole rings is 1. The Morgan fingerprint density at radius 1 is 1.55 bits per heavy atom. The van der Waals surface area contributed by atoms with Crippen LogP contribution in [0.1, 0.15) is 41.0 Å². The molecular weight excluding hydrogens is 298 g/mol. The van der Waals surface area contributed by atoms with E-state index in [1.807, 2.05) is 0 Å². The molecule has 0 radical (unpaired) electrons. The number of carbonyl (C=O) groups is 1. The molecule has 20 heavy (non-hydrogen) atoms. The number of hydrogen-bond acceptors (Lipinski definition) is 6. The van der Waals surface area contributed by atoms with Gasteiger partial charge in [0.15, 0.2) is 10.1 Å². The zero-order valence-electron chi connectivity index (χ0n) is 11.3. The lowest BCUT2D eigenvalue weighted by Gasteiger charge is -2.21. The number of thioether (sulfide) groups is 1. The van der Waals surface area contributed by atoms with Crippen LogP contribution in [0.25, 0.3) is 0 Å². The van der Waals surface area contributed by atoms with Gasteiger partial charge in [0.05, 0.1) is 18.4 Å². The molecule has 1 atom stereocenters. The Morgan fingerprint density at radius 2 is 2.30 bits per heavy atom. The van der Waals surface area contributed by atoms with Crippen molar-refractivity contribution in [3.63, 3.8) is 0 Å². The van der Waals surface area contributed by atoms with E-state index < -0.39 is 5.97 Å². The summed E-state index contributed by atoms with van der Waals surface area (Å²) in [5, 5.41) is 9.01. The summed E-state index contributed by atoms with van der Waals surface area (Å²) in [5.41, 5.74) is 0.584. The molecule has 0 aromatic carbocycles. The Morgan fingerprint density at radius 3 is 2.95 bits per heavy atom. The third-order valence-electron chi connectivity index (χ3n) is 3.64. The van der Waals surface area contributed by atoms with Crippen LogP contribution in [-0.4, -0.2) is 40.3 Å². The maximum atomic E-state index is 11.0. The van der Waals surface area contributed by atoms with Gasteiger partial charge in [-0.15, -0.1) is 11.3 Å². The van der Waals surface area contributed by atoms with Crippen LogP contribution in [0.2, 0.25) is 0 Å². The summed E-state index contributed by atoms with van der Waals surface area (Å²) in [6, 6.07) is 0. The largest absolute Gasteiger partial charge is 0.477 e. The first-order valence-corrected chi connectivity index (χ1v) is 8.53. The molecule has 0 bridgehead atoms. The lowest BCUT2D eigenvalue weighted by molar-refractivity contribution is -0.159. The van der Waals surface area contributed by atoms with E-state index in [0.717, 1.165) is 22.9 Å². The normalized spacial score (nSPS) is 24.6. The summed E-state index contributed by atoms with van der Waals surface area (Å²) in [4.78, 5) is 15.6. The number of nitrogens with zero attached hydrogens (tertiary/aromatic N) is 1. The van der Waals surface area contributed by atoms with E-state index in [1.165, 1.54) is 24.2 Å². The molecule has 1 aromatic rings. The van der Waals surface area contributed by atoms with E-state index in [4.69, 9.17) is 14.6 Å². The highest BCUT2D eigenvalue weighted by Gasteiger charge is 2.43. The van der Waals surface area contributed by atoms with Crippen molar-refractivity contribution in [3.05, 3.63) is 10.6 Å². The molecule has 1 N–H and O–H groups in total. The Hall–Kier alpha value is -0.630. The van der Waals surface area contributed by atoms with Crippen LogP contribution in [-0.2, 0) is 9.47 Å². The fourth-order valence-electron chi connectivity index (χ4n) is 2.67. The Labute approximate surface area is 125 Å². The van der Waals surface area contributed by atoms with Crippen molar-refractivity contribution < 1.29 is 19.4 Å². The van der Waals surface area contributed by atoms with Gasteiger partial charge in [0.2, 0.25) is 0 Å². The third-order valence-corrected chi connectivity index (χ3v) is 6.06. The Balaban J connectivity index is 1.55. The molecule has 2 aliphatic rings. The smallest absolute Gasteiger partial charge is 0.347 e. The van der Waals surface area contributed by atoms with E-state index >= 15 is 0 Å². The second-order valence-electron chi connectivity index (χ2n) is 5.18. The van der Waals surface area contributed by atoms with Gasteiger partial charge in [-0.3, -0.25) is 0 Å². The monoisotopic (exact) mass is 315 g/mol. The average Bonchev–Trinajstić information content (AvgIpc) is 3.10. The number of aromatic nitrogens is 1. The molecule has 1 saturated heterocycles. The molecule has 0 amide bonds. The summed E-state index contributed by atoms with van der Waals surface area (Å²) < 4.78 is 12.6. The molecule has 5 nitrogen and oxygen atoms in total. The molecular formula is C13H17NO4S2. The molecule has 7 heteroatoms. The van der Waals surface area contributed by atoms with Gasteiger partial charge in [0.1, 0.15) is 4.88 Å². The number of aryl methyl sites for hydroxylation is 1. The average molecular weight is 315 g/mol. The summed E-state index contributed by atoms with van der Waals surface area (Å²) in [6.45, 7) is 2.36. The van der Waals surface area contributed by atoms with E-state index in [2.05, 4.69) is 4.98 Å². The lowest BCUT2D eigenvalue weighted by Crippen LogP contribution is -2.27. The van der Waals surface area contributed by atoms with E-state index in [-0.39, 0.29) is 11.9 Å². The molecule has 3 rings (SSSR count). The number of carboxylic acids is 1. The molecule has 2 fully saturated rings. The maximum absolute atomic E-state index is 11.0. The van der Waals surface area contributed by atoms with Crippen LogP contribution >= 0.6 is 23.1 Å². The van der Waals surface area contributed by atoms with Crippen molar-refractivity contribution >= 4 is 29.1 Å². The molecule has 110 valence electrons. The summed E-state index contributed by atoms with van der Waals surface area (Å²) in [5.74, 6) is -0.471. The van der Waals surface area contributed by atoms with Crippen LogP contribution in [0.15, 0.2) is 4.34 Å². The Kier molecular flexibility index (Phi) is 4.03. The highest BCUT2D eigenvalue weighted by molar-refractivity contribution is 8.01. The van der Waals surface area contributed by atoms with Gasteiger partial charge in [-0.2, -0.15) is 0 Å². The minimum absolute atomic E-state index is 0.0792. The quantitative estimate of drug-likeness (QED) is 0.862. The van der Waals surface area contributed by atoms with E-state index in [0.29, 0.717) is 17.2 Å². The predicted molar refractivity (Wildman–Crippen MR) is 76.6 cm³/mol. The molecule has 1 unspecified atom stereocenters. The van der Waals surface area contributed by atoms with Gasteiger partial charge < -0.3 is 14.6 Å². The van der Waals surface area contributed by atoms with Crippen molar-refractivity contribution in [2.45, 2.75) is 48.8 Å². The first-order chi connectivity index (χ1) is 9.58. The highest BCUT2D eigenvalue weighted by Crippen LogP contribution is 2.40. The van der Waals surface area contributed by atoms with Gasteiger partial charge in [0.25, 0.3) is 0 Å². The minimum atomic E-state index is -0.905. The zero-order chi connectivity index (χ0) is 14.2. The van der Waals surface area contributed by atoms with Crippen molar-refractivity contribution in [1.82, 2.24) is 4.98 Å². The highest BCUT2D eigenvalue weighted by atomic mass is 32.2. The van der Waals surface area contributed by atoms with Gasteiger partial charge in [0, 0.05) is 18.6 Å². The fraction of sp³-hybridized carbons (Fsp3) is 0.692. The SMILES string of the molecule is Cc1nc(SCC2COC3(CCCC3)O2)sc1C(=O)O. The molecule has 1 aliphatic carbocycles. The van der Waals surface area contributed by atoms with Crippen LogP contribution < -0.4 is 0 Å². The summed E-state index contributed by atoms with van der Waals surface area (Å²) in [7, 11) is 0. The first-order valence-electron chi connectivity index (χ1n) is 6.73. The number of ether oxygens (including phenoxy) is 2. The fourth-order valence-corrected chi connectivity index (χ4v) is 4.69. The summed E-state index contributed by atoms with van der Waals surface area (Å²) >= 11 is 2.78. The van der Waals surface area contributed by atoms with Crippen LogP contribution in [0, 0.1) is 6.92 Å². The van der Waals surface area contributed by atoms with E-state index in [1.54, 1.807) is 18.7 Å². The molecule has 1 aromatic heterocycles. The number of aromatic carboxylic acids is 1. The zero-order valence-corrected chi connectivity index (χ0v) is 12.9. The van der Waals surface area contributed by atoms with Crippen LogP contribution in [0.3, 0.4) is 0 Å². The molecule has 1 saturated carbocycles. The van der Waals surface area contributed by atoms with Gasteiger partial charge in [-0.05, 0) is 19.8 Å². The van der Waals surface area contributed by atoms with Crippen molar-refractivity contribution in [2.24, 2.45) is 0 Å². The predicted octanol–water partition coefficient (Wildman–Crippen LogP) is 2.93. The Bertz CT molecular complexity index is 510. The summed E-state index contributed by atoms with van der Waals surface area (Å²) in [6.07, 6.45) is 4.41. The molecule has 1 aliphatic heterocycles. The van der Waals surface area contributed by atoms with E-state index in [9.17, 15) is 4.79 Å². The first kappa shape index (κ1) is 14.3. The number of carboxylic acid groups (broad SMARTS) is 1. The van der Waals surface area contributed by atoms with Crippen LogP contribution in [0.4, 0.5) is 0 Å². The third kappa shape index (κ3) is 2.86. The molecule has 2 heterocycles. The molecule has 1 spiro atoms.